The van der Waals surface area contributed by atoms with Crippen LogP contribution in [0.1, 0.15) is 59.4 Å². The van der Waals surface area contributed by atoms with Crippen LogP contribution < -0.4 is 4.90 Å². The predicted octanol–water partition coefficient (Wildman–Crippen LogP) is 2.79. The minimum atomic E-state index is 0.0214. The standard InChI is InChI=1S/C19H23N5O/c1-23(2)17-10-14(7-8-20-17)16-4-3-9-24(16)19(25)15-11-21-18(22-12-15)13-5-6-13/h7-8,10-13,16H,3-6,9H2,1-2H3/t16-/m0/s1. The van der Waals surface area contributed by atoms with Gasteiger partial charge in [0.15, 0.2) is 0 Å². The molecule has 2 fully saturated rings. The van der Waals surface area contributed by atoms with E-state index in [0.29, 0.717) is 11.5 Å². The summed E-state index contributed by atoms with van der Waals surface area (Å²) in [6.07, 6.45) is 9.52. The minimum Gasteiger partial charge on any atom is -0.363 e. The Morgan fingerprint density at radius 2 is 1.92 bits per heavy atom. The Bertz CT molecular complexity index is 770. The Kier molecular flexibility index (Phi) is 4.11. The van der Waals surface area contributed by atoms with Gasteiger partial charge in [-0.15, -0.1) is 0 Å². The van der Waals surface area contributed by atoms with Crippen LogP contribution in [0.2, 0.25) is 0 Å². The number of pyridine rings is 1. The molecule has 4 rings (SSSR count). The van der Waals surface area contributed by atoms with E-state index in [1.54, 1.807) is 12.4 Å². The predicted molar refractivity (Wildman–Crippen MR) is 95.6 cm³/mol. The van der Waals surface area contributed by atoms with E-state index in [4.69, 9.17) is 0 Å². The van der Waals surface area contributed by atoms with Gasteiger partial charge in [-0.2, -0.15) is 0 Å². The Morgan fingerprint density at radius 3 is 2.60 bits per heavy atom. The summed E-state index contributed by atoms with van der Waals surface area (Å²) in [7, 11) is 3.95. The quantitative estimate of drug-likeness (QED) is 0.858. The van der Waals surface area contributed by atoms with E-state index in [2.05, 4.69) is 21.0 Å². The zero-order chi connectivity index (χ0) is 17.4. The molecule has 1 aliphatic carbocycles. The number of anilines is 1. The Hall–Kier alpha value is -2.50. The first-order chi connectivity index (χ1) is 12.1. The van der Waals surface area contributed by atoms with E-state index in [1.165, 1.54) is 0 Å². The van der Waals surface area contributed by atoms with Gasteiger partial charge in [0.25, 0.3) is 5.91 Å². The van der Waals surface area contributed by atoms with E-state index in [9.17, 15) is 4.79 Å². The molecule has 1 amide bonds. The highest BCUT2D eigenvalue weighted by molar-refractivity contribution is 5.94. The third-order valence-corrected chi connectivity index (χ3v) is 4.99. The molecule has 2 aromatic heterocycles. The van der Waals surface area contributed by atoms with Crippen LogP contribution in [0.25, 0.3) is 0 Å². The Morgan fingerprint density at radius 1 is 1.16 bits per heavy atom. The summed E-state index contributed by atoms with van der Waals surface area (Å²) < 4.78 is 0. The number of amides is 1. The number of hydrogen-bond acceptors (Lipinski definition) is 5. The van der Waals surface area contributed by atoms with Gasteiger partial charge in [-0.25, -0.2) is 15.0 Å². The van der Waals surface area contributed by atoms with Gasteiger partial charge in [-0.05, 0) is 43.4 Å². The molecule has 0 radical (unpaired) electrons. The highest BCUT2D eigenvalue weighted by atomic mass is 16.2. The van der Waals surface area contributed by atoms with Crippen LogP contribution in [-0.4, -0.2) is 46.4 Å². The molecule has 0 aromatic carbocycles. The number of aromatic nitrogens is 3. The SMILES string of the molecule is CN(C)c1cc([C@@H]2CCCN2C(=O)c2cnc(C3CC3)nc2)ccn1. The summed E-state index contributed by atoms with van der Waals surface area (Å²) in [5.74, 6) is 2.31. The van der Waals surface area contributed by atoms with E-state index in [0.717, 1.165) is 49.4 Å². The van der Waals surface area contributed by atoms with Gasteiger partial charge in [0.05, 0.1) is 11.6 Å². The highest BCUT2D eigenvalue weighted by Gasteiger charge is 2.32. The topological polar surface area (TPSA) is 62.2 Å². The van der Waals surface area contributed by atoms with E-state index < -0.39 is 0 Å². The number of nitrogens with zero attached hydrogens (tertiary/aromatic N) is 5. The van der Waals surface area contributed by atoms with Crippen molar-refractivity contribution in [2.24, 2.45) is 0 Å². The van der Waals surface area contributed by atoms with Crippen molar-refractivity contribution in [2.45, 2.75) is 37.6 Å². The first-order valence-corrected chi connectivity index (χ1v) is 8.89. The lowest BCUT2D eigenvalue weighted by atomic mass is 10.1. The second kappa shape index (κ2) is 6.43. The number of carbonyl (C=O) groups excluding carboxylic acids is 1. The normalized spacial score (nSPS) is 19.9. The summed E-state index contributed by atoms with van der Waals surface area (Å²) in [4.78, 5) is 30.1. The number of likely N-dealkylation sites (tertiary alicyclic amines) is 1. The van der Waals surface area contributed by atoms with Crippen LogP contribution in [0.15, 0.2) is 30.7 Å². The van der Waals surface area contributed by atoms with Gasteiger partial charge in [0.1, 0.15) is 11.6 Å². The third kappa shape index (κ3) is 3.21. The van der Waals surface area contributed by atoms with Gasteiger partial charge in [0, 0.05) is 45.1 Å². The molecule has 1 aliphatic heterocycles. The van der Waals surface area contributed by atoms with Crippen molar-refractivity contribution in [3.8, 4) is 0 Å². The van der Waals surface area contributed by atoms with E-state index >= 15 is 0 Å². The van der Waals surface area contributed by atoms with Gasteiger partial charge in [0.2, 0.25) is 0 Å². The third-order valence-electron chi connectivity index (χ3n) is 4.99. The summed E-state index contributed by atoms with van der Waals surface area (Å²) >= 11 is 0. The monoisotopic (exact) mass is 337 g/mol. The van der Waals surface area contributed by atoms with Crippen molar-refractivity contribution in [3.63, 3.8) is 0 Å². The van der Waals surface area contributed by atoms with Crippen LogP contribution in [-0.2, 0) is 0 Å². The molecule has 0 N–H and O–H groups in total. The molecule has 2 aromatic rings. The molecule has 1 saturated carbocycles. The van der Waals surface area contributed by atoms with Crippen LogP contribution in [0.3, 0.4) is 0 Å². The lowest BCUT2D eigenvalue weighted by Gasteiger charge is -2.25. The first-order valence-electron chi connectivity index (χ1n) is 8.89. The number of carbonyl (C=O) groups is 1. The maximum Gasteiger partial charge on any atom is 0.257 e. The molecule has 0 bridgehead atoms. The summed E-state index contributed by atoms with van der Waals surface area (Å²) in [5, 5.41) is 0. The largest absolute Gasteiger partial charge is 0.363 e. The van der Waals surface area contributed by atoms with E-state index in [-0.39, 0.29) is 11.9 Å². The molecule has 1 atom stereocenters. The molecule has 3 heterocycles. The average Bonchev–Trinajstić information content (AvgIpc) is 3.38. The lowest BCUT2D eigenvalue weighted by molar-refractivity contribution is 0.0734. The molecule has 130 valence electrons. The summed E-state index contributed by atoms with van der Waals surface area (Å²) in [6, 6.07) is 4.18. The molecular formula is C19H23N5O. The van der Waals surface area contributed by atoms with Crippen molar-refractivity contribution in [2.75, 3.05) is 25.5 Å². The molecular weight excluding hydrogens is 314 g/mol. The molecule has 0 unspecified atom stereocenters. The van der Waals surface area contributed by atoms with E-state index in [1.807, 2.05) is 36.2 Å². The lowest BCUT2D eigenvalue weighted by Crippen LogP contribution is -2.31. The Balaban J connectivity index is 1.56. The van der Waals surface area contributed by atoms with Crippen LogP contribution >= 0.6 is 0 Å². The smallest absolute Gasteiger partial charge is 0.257 e. The second-order valence-corrected chi connectivity index (χ2v) is 7.10. The molecule has 25 heavy (non-hydrogen) atoms. The molecule has 2 aliphatic rings. The molecule has 0 spiro atoms. The van der Waals surface area contributed by atoms with Crippen molar-refractivity contribution < 1.29 is 4.79 Å². The van der Waals surface area contributed by atoms with Crippen LogP contribution in [0, 0.1) is 0 Å². The number of hydrogen-bond donors (Lipinski definition) is 0. The second-order valence-electron chi connectivity index (χ2n) is 7.10. The zero-order valence-corrected chi connectivity index (χ0v) is 14.7. The number of rotatable bonds is 4. The summed E-state index contributed by atoms with van der Waals surface area (Å²) in [6.45, 7) is 0.771. The minimum absolute atomic E-state index is 0.0214. The maximum absolute atomic E-state index is 13.0. The van der Waals surface area contributed by atoms with Gasteiger partial charge >= 0.3 is 0 Å². The molecule has 6 heteroatoms. The van der Waals surface area contributed by atoms with Crippen molar-refractivity contribution >= 4 is 11.7 Å². The molecule has 1 saturated heterocycles. The Labute approximate surface area is 147 Å². The van der Waals surface area contributed by atoms with Crippen molar-refractivity contribution in [1.29, 1.82) is 0 Å². The fraction of sp³-hybridized carbons (Fsp3) is 0.474. The van der Waals surface area contributed by atoms with Crippen LogP contribution in [0.4, 0.5) is 5.82 Å². The zero-order valence-electron chi connectivity index (χ0n) is 14.7. The van der Waals surface area contributed by atoms with Gasteiger partial charge in [-0.3, -0.25) is 4.79 Å². The average molecular weight is 337 g/mol. The van der Waals surface area contributed by atoms with Gasteiger partial charge < -0.3 is 9.80 Å². The molecule has 6 nitrogen and oxygen atoms in total. The fourth-order valence-electron chi connectivity index (χ4n) is 3.41. The fourth-order valence-corrected chi connectivity index (χ4v) is 3.41. The van der Waals surface area contributed by atoms with Crippen molar-refractivity contribution in [1.82, 2.24) is 19.9 Å². The highest BCUT2D eigenvalue weighted by Crippen LogP contribution is 2.38. The summed E-state index contributed by atoms with van der Waals surface area (Å²) in [5.41, 5.74) is 1.72. The maximum atomic E-state index is 13.0. The van der Waals surface area contributed by atoms with Gasteiger partial charge in [-0.1, -0.05) is 0 Å². The van der Waals surface area contributed by atoms with Crippen molar-refractivity contribution in [3.05, 3.63) is 47.7 Å². The first kappa shape index (κ1) is 16.0. The van der Waals surface area contributed by atoms with Crippen LogP contribution in [0.5, 0.6) is 0 Å².